The zero-order valence-corrected chi connectivity index (χ0v) is 16.9. The SMILES string of the molecule is CNc1cc(C(=O)N2CCC(c3ncc4c(n3)CCN(C(C)=O)C4)CC2)ccn1. The lowest BCUT2D eigenvalue weighted by molar-refractivity contribution is -0.129. The molecule has 0 bridgehead atoms. The second kappa shape index (κ2) is 8.14. The quantitative estimate of drug-likeness (QED) is 0.854. The number of hydrogen-bond donors (Lipinski definition) is 1. The van der Waals surface area contributed by atoms with Crippen LogP contribution in [0.2, 0.25) is 0 Å². The summed E-state index contributed by atoms with van der Waals surface area (Å²) in [6.45, 7) is 4.30. The standard InChI is InChI=1S/C21H26N6O2/c1-14(28)27-10-6-18-17(13-27)12-24-20(25-18)15-4-8-26(9-5-15)21(29)16-3-7-23-19(11-16)22-2/h3,7,11-12,15H,4-6,8-10,13H2,1-2H3,(H,22,23). The Bertz CT molecular complexity index is 923. The van der Waals surface area contributed by atoms with Gasteiger partial charge in [-0.2, -0.15) is 0 Å². The van der Waals surface area contributed by atoms with Crippen molar-refractivity contribution in [1.82, 2.24) is 24.8 Å². The first-order valence-corrected chi connectivity index (χ1v) is 10.1. The van der Waals surface area contributed by atoms with Gasteiger partial charge < -0.3 is 15.1 Å². The van der Waals surface area contributed by atoms with Gasteiger partial charge in [-0.1, -0.05) is 0 Å². The van der Waals surface area contributed by atoms with Crippen molar-refractivity contribution >= 4 is 17.6 Å². The highest BCUT2D eigenvalue weighted by molar-refractivity contribution is 5.94. The summed E-state index contributed by atoms with van der Waals surface area (Å²) in [5.74, 6) is 1.95. The number of pyridine rings is 1. The largest absolute Gasteiger partial charge is 0.373 e. The lowest BCUT2D eigenvalue weighted by atomic mass is 9.95. The monoisotopic (exact) mass is 394 g/mol. The minimum absolute atomic E-state index is 0.0398. The molecule has 1 fully saturated rings. The molecule has 2 aliphatic rings. The maximum absolute atomic E-state index is 12.8. The molecular formula is C21H26N6O2. The van der Waals surface area contributed by atoms with Gasteiger partial charge in [0.1, 0.15) is 11.6 Å². The van der Waals surface area contributed by atoms with Crippen LogP contribution in [-0.2, 0) is 17.8 Å². The van der Waals surface area contributed by atoms with Gasteiger partial charge in [0.15, 0.2) is 0 Å². The predicted octanol–water partition coefficient (Wildman–Crippen LogP) is 1.84. The molecule has 2 amide bonds. The Kier molecular flexibility index (Phi) is 5.42. The molecule has 2 aromatic rings. The van der Waals surface area contributed by atoms with Crippen LogP contribution in [0.4, 0.5) is 5.82 Å². The first-order valence-electron chi connectivity index (χ1n) is 10.1. The fraction of sp³-hybridized carbons (Fsp3) is 0.476. The smallest absolute Gasteiger partial charge is 0.254 e. The molecule has 0 atom stereocenters. The van der Waals surface area contributed by atoms with E-state index in [1.54, 1.807) is 32.3 Å². The molecule has 0 radical (unpaired) electrons. The van der Waals surface area contributed by atoms with E-state index >= 15 is 0 Å². The molecule has 2 aromatic heterocycles. The summed E-state index contributed by atoms with van der Waals surface area (Å²) < 4.78 is 0. The van der Waals surface area contributed by atoms with Crippen molar-refractivity contribution in [3.8, 4) is 0 Å². The average molecular weight is 394 g/mol. The molecule has 29 heavy (non-hydrogen) atoms. The van der Waals surface area contributed by atoms with Gasteiger partial charge in [-0.25, -0.2) is 15.0 Å². The molecule has 0 aliphatic carbocycles. The van der Waals surface area contributed by atoms with Gasteiger partial charge in [0, 0.05) is 76.0 Å². The van der Waals surface area contributed by atoms with E-state index in [0.717, 1.165) is 36.3 Å². The maximum Gasteiger partial charge on any atom is 0.254 e. The summed E-state index contributed by atoms with van der Waals surface area (Å²) in [5.41, 5.74) is 2.76. The Morgan fingerprint density at radius 2 is 1.93 bits per heavy atom. The zero-order valence-electron chi connectivity index (χ0n) is 16.9. The number of carbonyl (C=O) groups is 2. The van der Waals surface area contributed by atoms with Crippen LogP contribution < -0.4 is 5.32 Å². The van der Waals surface area contributed by atoms with Gasteiger partial charge in [0.25, 0.3) is 5.91 Å². The number of aromatic nitrogens is 3. The summed E-state index contributed by atoms with van der Waals surface area (Å²) in [5, 5.41) is 2.97. The molecule has 8 nitrogen and oxygen atoms in total. The first-order chi connectivity index (χ1) is 14.0. The van der Waals surface area contributed by atoms with Crippen LogP contribution in [0.25, 0.3) is 0 Å². The van der Waals surface area contributed by atoms with Crippen molar-refractivity contribution < 1.29 is 9.59 Å². The summed E-state index contributed by atoms with van der Waals surface area (Å²) in [4.78, 5) is 41.7. The van der Waals surface area contributed by atoms with E-state index in [2.05, 4.69) is 15.3 Å². The molecule has 4 heterocycles. The highest BCUT2D eigenvalue weighted by Crippen LogP contribution is 2.28. The first kappa shape index (κ1) is 19.3. The van der Waals surface area contributed by atoms with Gasteiger partial charge in [-0.15, -0.1) is 0 Å². The minimum atomic E-state index is 0.0398. The van der Waals surface area contributed by atoms with Gasteiger partial charge >= 0.3 is 0 Å². The maximum atomic E-state index is 12.8. The predicted molar refractivity (Wildman–Crippen MR) is 108 cm³/mol. The molecule has 0 spiro atoms. The molecule has 0 unspecified atom stereocenters. The number of hydrogen-bond acceptors (Lipinski definition) is 6. The lowest BCUT2D eigenvalue weighted by Gasteiger charge is -2.32. The number of likely N-dealkylation sites (tertiary alicyclic amines) is 1. The van der Waals surface area contributed by atoms with Crippen molar-refractivity contribution in [1.29, 1.82) is 0 Å². The Morgan fingerprint density at radius 1 is 1.14 bits per heavy atom. The Hall–Kier alpha value is -3.03. The third kappa shape index (κ3) is 4.06. The van der Waals surface area contributed by atoms with Gasteiger partial charge in [0.2, 0.25) is 5.91 Å². The number of nitrogens with zero attached hydrogens (tertiary/aromatic N) is 5. The van der Waals surface area contributed by atoms with E-state index in [9.17, 15) is 9.59 Å². The molecular weight excluding hydrogens is 368 g/mol. The normalized spacial score (nSPS) is 17.0. The third-order valence-corrected chi connectivity index (χ3v) is 5.81. The minimum Gasteiger partial charge on any atom is -0.373 e. The molecule has 4 rings (SSSR count). The fourth-order valence-corrected chi connectivity index (χ4v) is 4.02. The number of amides is 2. The molecule has 2 aliphatic heterocycles. The number of rotatable bonds is 3. The van der Waals surface area contributed by atoms with E-state index in [0.29, 0.717) is 37.6 Å². The number of piperidine rings is 1. The average Bonchev–Trinajstić information content (AvgIpc) is 2.78. The van der Waals surface area contributed by atoms with Gasteiger partial charge in [-0.05, 0) is 25.0 Å². The van der Waals surface area contributed by atoms with Crippen molar-refractivity contribution in [3.05, 3.63) is 47.2 Å². The number of carbonyl (C=O) groups excluding carboxylic acids is 2. The topological polar surface area (TPSA) is 91.3 Å². The van der Waals surface area contributed by atoms with Crippen LogP contribution in [0.5, 0.6) is 0 Å². The summed E-state index contributed by atoms with van der Waals surface area (Å²) in [7, 11) is 1.79. The van der Waals surface area contributed by atoms with Crippen LogP contribution in [0, 0.1) is 0 Å². The van der Waals surface area contributed by atoms with Crippen LogP contribution in [0.3, 0.4) is 0 Å². The number of fused-ring (bicyclic) bond motifs is 1. The third-order valence-electron chi connectivity index (χ3n) is 5.81. The highest BCUT2D eigenvalue weighted by atomic mass is 16.2. The van der Waals surface area contributed by atoms with Gasteiger partial charge in [0.05, 0.1) is 5.69 Å². The van der Waals surface area contributed by atoms with E-state index < -0.39 is 0 Å². The van der Waals surface area contributed by atoms with Gasteiger partial charge in [-0.3, -0.25) is 9.59 Å². The summed E-state index contributed by atoms with van der Waals surface area (Å²) in [6, 6.07) is 3.54. The van der Waals surface area contributed by atoms with E-state index in [1.807, 2.05) is 16.0 Å². The van der Waals surface area contributed by atoms with E-state index in [-0.39, 0.29) is 17.7 Å². The molecule has 1 N–H and O–H groups in total. The molecule has 8 heteroatoms. The van der Waals surface area contributed by atoms with Crippen molar-refractivity contribution in [2.75, 3.05) is 32.0 Å². The summed E-state index contributed by atoms with van der Waals surface area (Å²) >= 11 is 0. The van der Waals surface area contributed by atoms with Crippen LogP contribution in [-0.4, -0.2) is 63.2 Å². The van der Waals surface area contributed by atoms with Crippen molar-refractivity contribution in [2.45, 2.75) is 38.6 Å². The molecule has 1 saturated heterocycles. The second-order valence-electron chi connectivity index (χ2n) is 7.64. The Labute approximate surface area is 170 Å². The molecule has 152 valence electrons. The van der Waals surface area contributed by atoms with Crippen LogP contribution in [0.1, 0.15) is 53.1 Å². The Balaban J connectivity index is 1.40. The fourth-order valence-electron chi connectivity index (χ4n) is 4.02. The lowest BCUT2D eigenvalue weighted by Crippen LogP contribution is -2.38. The van der Waals surface area contributed by atoms with Crippen LogP contribution >= 0.6 is 0 Å². The summed E-state index contributed by atoms with van der Waals surface area (Å²) in [6.07, 6.45) is 6.01. The second-order valence-corrected chi connectivity index (χ2v) is 7.64. The van der Waals surface area contributed by atoms with E-state index in [1.165, 1.54) is 0 Å². The van der Waals surface area contributed by atoms with Crippen molar-refractivity contribution in [2.24, 2.45) is 0 Å². The number of nitrogens with one attached hydrogen (secondary N) is 1. The van der Waals surface area contributed by atoms with Crippen LogP contribution in [0.15, 0.2) is 24.5 Å². The number of anilines is 1. The highest BCUT2D eigenvalue weighted by Gasteiger charge is 2.28. The van der Waals surface area contributed by atoms with Crippen molar-refractivity contribution in [3.63, 3.8) is 0 Å². The zero-order chi connectivity index (χ0) is 20.4. The Morgan fingerprint density at radius 3 is 2.66 bits per heavy atom. The molecule has 0 aromatic carbocycles. The van der Waals surface area contributed by atoms with E-state index in [4.69, 9.17) is 4.98 Å². The molecule has 0 saturated carbocycles.